The van der Waals surface area contributed by atoms with Crippen LogP contribution in [0.25, 0.3) is 0 Å². The monoisotopic (exact) mass is 267 g/mol. The van der Waals surface area contributed by atoms with E-state index in [0.29, 0.717) is 0 Å². The third-order valence-corrected chi connectivity index (χ3v) is 3.18. The van der Waals surface area contributed by atoms with Crippen molar-refractivity contribution in [3.63, 3.8) is 0 Å². The molecule has 1 saturated heterocycles. The summed E-state index contributed by atoms with van der Waals surface area (Å²) in [5, 5.41) is 32.1. The van der Waals surface area contributed by atoms with E-state index in [9.17, 15) is 20.1 Å². The number of ether oxygens (including phenoxy) is 1. The normalized spacial score (nSPS) is 36.2. The van der Waals surface area contributed by atoms with Gasteiger partial charge in [-0.05, 0) is 6.08 Å². The molecule has 3 aliphatic heterocycles. The standard InChI is InChI=1S/C11H13N3O5/c1-4(15)12-5-2-3-14-10(13-5)8(18)9-6(16)7(17)11(14)19-9/h2-3,6-7,9,11,16-18H,1H3,(H,12,13,15)/t6?,7?,9-,11+/m0/s1. The van der Waals surface area contributed by atoms with E-state index in [2.05, 4.69) is 10.3 Å². The first kappa shape index (κ1) is 12.2. The van der Waals surface area contributed by atoms with Crippen LogP contribution in [-0.4, -0.2) is 56.5 Å². The first-order chi connectivity index (χ1) is 8.99. The summed E-state index contributed by atoms with van der Waals surface area (Å²) < 4.78 is 5.33. The molecule has 0 saturated carbocycles. The minimum atomic E-state index is -1.21. The number of aliphatic hydroxyl groups is 3. The van der Waals surface area contributed by atoms with Crippen LogP contribution in [0.5, 0.6) is 0 Å². The van der Waals surface area contributed by atoms with E-state index in [4.69, 9.17) is 4.74 Å². The quantitative estimate of drug-likeness (QED) is 0.426. The number of carbonyl (C=O) groups is 1. The maximum atomic E-state index is 11.0. The van der Waals surface area contributed by atoms with Gasteiger partial charge in [0.15, 0.2) is 17.8 Å². The van der Waals surface area contributed by atoms with Gasteiger partial charge in [-0.25, -0.2) is 4.99 Å². The number of hydrogen-bond donors (Lipinski definition) is 4. The molecule has 4 N–H and O–H groups in total. The molecule has 8 heteroatoms. The van der Waals surface area contributed by atoms with Crippen LogP contribution >= 0.6 is 0 Å². The van der Waals surface area contributed by atoms with Crippen molar-refractivity contribution in [2.24, 2.45) is 4.99 Å². The van der Waals surface area contributed by atoms with Crippen molar-refractivity contribution < 1.29 is 24.9 Å². The molecular weight excluding hydrogens is 254 g/mol. The molecule has 0 aromatic rings. The lowest BCUT2D eigenvalue weighted by Gasteiger charge is -2.34. The van der Waals surface area contributed by atoms with Crippen LogP contribution in [-0.2, 0) is 9.53 Å². The Kier molecular flexibility index (Phi) is 2.59. The molecule has 0 aliphatic carbocycles. The van der Waals surface area contributed by atoms with E-state index in [1.54, 1.807) is 0 Å². The molecule has 2 bridgehead atoms. The molecule has 3 rings (SSSR count). The summed E-state index contributed by atoms with van der Waals surface area (Å²) in [6.45, 7) is 1.35. The van der Waals surface area contributed by atoms with Crippen molar-refractivity contribution in [1.82, 2.24) is 10.2 Å². The topological polar surface area (TPSA) is 115 Å². The molecule has 1 fully saturated rings. The van der Waals surface area contributed by atoms with Gasteiger partial charge < -0.3 is 30.3 Å². The van der Waals surface area contributed by atoms with Gasteiger partial charge in [0.05, 0.1) is 0 Å². The van der Waals surface area contributed by atoms with Gasteiger partial charge in [0.1, 0.15) is 24.1 Å². The van der Waals surface area contributed by atoms with E-state index in [-0.39, 0.29) is 23.3 Å². The van der Waals surface area contributed by atoms with Crippen LogP contribution < -0.4 is 5.32 Å². The third kappa shape index (κ3) is 1.72. The van der Waals surface area contributed by atoms with Crippen molar-refractivity contribution in [1.29, 1.82) is 0 Å². The minimum absolute atomic E-state index is 0.156. The van der Waals surface area contributed by atoms with Gasteiger partial charge in [0.25, 0.3) is 0 Å². The van der Waals surface area contributed by atoms with Gasteiger partial charge in [0, 0.05) is 13.1 Å². The van der Waals surface area contributed by atoms with Gasteiger partial charge in [-0.1, -0.05) is 0 Å². The second-order valence-corrected chi connectivity index (χ2v) is 4.54. The lowest BCUT2D eigenvalue weighted by molar-refractivity contribution is -0.117. The Morgan fingerprint density at radius 1 is 1.47 bits per heavy atom. The molecule has 3 heterocycles. The fraction of sp³-hybridized carbons (Fsp3) is 0.455. The molecule has 2 unspecified atom stereocenters. The van der Waals surface area contributed by atoms with Crippen LogP contribution in [0.4, 0.5) is 0 Å². The van der Waals surface area contributed by atoms with Gasteiger partial charge in [-0.2, -0.15) is 0 Å². The number of nitrogens with zero attached hydrogens (tertiary/aromatic N) is 2. The lowest BCUT2D eigenvalue weighted by Crippen LogP contribution is -2.43. The maximum absolute atomic E-state index is 11.0. The average Bonchev–Trinajstić information content (AvgIpc) is 2.62. The number of amides is 1. The van der Waals surface area contributed by atoms with Gasteiger partial charge >= 0.3 is 0 Å². The highest BCUT2D eigenvalue weighted by atomic mass is 16.6. The van der Waals surface area contributed by atoms with Crippen molar-refractivity contribution in [3.05, 3.63) is 23.9 Å². The highest BCUT2D eigenvalue weighted by Crippen LogP contribution is 2.38. The number of aliphatic imine (C=N–C) groups is 1. The van der Waals surface area contributed by atoms with Crippen molar-refractivity contribution in [2.45, 2.75) is 31.5 Å². The molecule has 0 aromatic heterocycles. The van der Waals surface area contributed by atoms with Gasteiger partial charge in [0.2, 0.25) is 5.91 Å². The number of rotatable bonds is 0. The molecule has 0 spiro atoms. The second kappa shape index (κ2) is 4.05. The number of amidine groups is 1. The fourth-order valence-corrected chi connectivity index (χ4v) is 2.32. The Labute approximate surface area is 108 Å². The summed E-state index contributed by atoms with van der Waals surface area (Å²) >= 11 is 0. The third-order valence-electron chi connectivity index (χ3n) is 3.18. The molecule has 0 aromatic carbocycles. The maximum Gasteiger partial charge on any atom is 0.222 e. The van der Waals surface area contributed by atoms with E-state index < -0.39 is 24.5 Å². The van der Waals surface area contributed by atoms with E-state index >= 15 is 0 Å². The Bertz CT molecular complexity index is 526. The average molecular weight is 267 g/mol. The summed E-state index contributed by atoms with van der Waals surface area (Å²) in [5.74, 6) is -0.127. The number of fused-ring (bicyclic) bond motifs is 4. The summed E-state index contributed by atoms with van der Waals surface area (Å²) in [7, 11) is 0. The fourth-order valence-electron chi connectivity index (χ4n) is 2.32. The van der Waals surface area contributed by atoms with Crippen LogP contribution in [0.2, 0.25) is 0 Å². The molecule has 1 amide bonds. The lowest BCUT2D eigenvalue weighted by atomic mass is 10.1. The Morgan fingerprint density at radius 2 is 2.21 bits per heavy atom. The zero-order valence-corrected chi connectivity index (χ0v) is 10.0. The molecule has 8 nitrogen and oxygen atoms in total. The number of hydrogen-bond acceptors (Lipinski definition) is 7. The Hall–Kier alpha value is -1.90. The summed E-state index contributed by atoms with van der Waals surface area (Å²) in [4.78, 5) is 16.5. The van der Waals surface area contributed by atoms with E-state index in [1.165, 1.54) is 24.1 Å². The first-order valence-corrected chi connectivity index (χ1v) is 5.76. The zero-order valence-electron chi connectivity index (χ0n) is 10.0. The van der Waals surface area contributed by atoms with Crippen molar-refractivity contribution in [2.75, 3.05) is 0 Å². The van der Waals surface area contributed by atoms with Crippen LogP contribution in [0, 0.1) is 0 Å². The molecule has 3 aliphatic rings. The molecule has 19 heavy (non-hydrogen) atoms. The minimum Gasteiger partial charge on any atom is -0.506 e. The Morgan fingerprint density at radius 3 is 2.89 bits per heavy atom. The summed E-state index contributed by atoms with van der Waals surface area (Å²) in [5.41, 5.74) is 0. The van der Waals surface area contributed by atoms with Crippen LogP contribution in [0.1, 0.15) is 6.92 Å². The second-order valence-electron chi connectivity index (χ2n) is 4.54. The number of aliphatic hydroxyl groups excluding tert-OH is 3. The van der Waals surface area contributed by atoms with E-state index in [1.807, 2.05) is 0 Å². The van der Waals surface area contributed by atoms with Gasteiger partial charge in [-0.3, -0.25) is 4.79 Å². The number of nitrogens with one attached hydrogen (secondary N) is 1. The molecule has 102 valence electrons. The van der Waals surface area contributed by atoms with Crippen molar-refractivity contribution >= 4 is 11.7 Å². The highest BCUT2D eigenvalue weighted by molar-refractivity contribution is 6.04. The SMILES string of the molecule is CC(=O)NC1=NC2=C(O)[C@H]3O[C@H](C(O)C3O)N2C=C1. The largest absolute Gasteiger partial charge is 0.506 e. The predicted octanol–water partition coefficient (Wildman–Crippen LogP) is -1.46. The molecule has 4 atom stereocenters. The zero-order chi connectivity index (χ0) is 13.7. The molecular formula is C11H13N3O5. The Balaban J connectivity index is 1.98. The summed E-state index contributed by atoms with van der Waals surface area (Å²) in [6.07, 6.45) is -1.13. The van der Waals surface area contributed by atoms with Gasteiger partial charge in [-0.15, -0.1) is 0 Å². The van der Waals surface area contributed by atoms with Crippen LogP contribution in [0.15, 0.2) is 28.8 Å². The summed E-state index contributed by atoms with van der Waals surface area (Å²) in [6, 6.07) is 0. The molecule has 0 radical (unpaired) electrons. The predicted molar refractivity (Wildman–Crippen MR) is 62.6 cm³/mol. The van der Waals surface area contributed by atoms with Crippen molar-refractivity contribution in [3.8, 4) is 0 Å². The smallest absolute Gasteiger partial charge is 0.222 e. The van der Waals surface area contributed by atoms with E-state index in [0.717, 1.165) is 0 Å². The first-order valence-electron chi connectivity index (χ1n) is 5.76. The van der Waals surface area contributed by atoms with Crippen LogP contribution in [0.3, 0.4) is 0 Å². The number of carbonyl (C=O) groups excluding carboxylic acids is 1. The highest BCUT2D eigenvalue weighted by Gasteiger charge is 2.53.